The van der Waals surface area contributed by atoms with Crippen molar-refractivity contribution in [3.05, 3.63) is 65.4 Å². The Morgan fingerprint density at radius 2 is 1.83 bits per heavy atom. The molecule has 0 aliphatic carbocycles. The largest absolute Gasteiger partial charge is 0.424 e. The molecule has 0 radical (unpaired) electrons. The zero-order valence-electron chi connectivity index (χ0n) is 12.3. The summed E-state index contributed by atoms with van der Waals surface area (Å²) in [7, 11) is 0. The number of para-hydroxylation sites is 2. The number of hydrogen-bond donors (Lipinski definition) is 1. The van der Waals surface area contributed by atoms with Crippen molar-refractivity contribution in [2.75, 3.05) is 5.32 Å². The van der Waals surface area contributed by atoms with Crippen LogP contribution in [0.5, 0.6) is 11.8 Å². The van der Waals surface area contributed by atoms with Crippen LogP contribution in [0.2, 0.25) is 0 Å². The molecule has 0 bridgehead atoms. The lowest BCUT2D eigenvalue weighted by Gasteiger charge is -2.06. The van der Waals surface area contributed by atoms with Crippen LogP contribution in [0, 0.1) is 0 Å². The molecule has 0 fully saturated rings. The maximum Gasteiger partial charge on any atom is 0.321 e. The van der Waals surface area contributed by atoms with Crippen LogP contribution in [-0.2, 0) is 0 Å². The van der Waals surface area contributed by atoms with Crippen molar-refractivity contribution in [2.24, 2.45) is 0 Å². The third-order valence-corrected chi connectivity index (χ3v) is 3.59. The molecule has 4 aromatic rings. The summed E-state index contributed by atoms with van der Waals surface area (Å²) in [6.07, 6.45) is 3.26. The SMILES string of the molecule is Brc1cnc(Oc2cccc(Nc3nc4ccccc4o3)c2)nc1. The number of hydrogen-bond acceptors (Lipinski definition) is 6. The molecule has 0 spiro atoms. The predicted octanol–water partition coefficient (Wildman–Crippen LogP) is 4.92. The second kappa shape index (κ2) is 6.29. The Kier molecular flexibility index (Phi) is 3.84. The number of fused-ring (bicyclic) bond motifs is 1. The van der Waals surface area contributed by atoms with E-state index in [1.165, 1.54) is 0 Å². The monoisotopic (exact) mass is 382 g/mol. The number of anilines is 2. The van der Waals surface area contributed by atoms with Crippen LogP contribution >= 0.6 is 15.9 Å². The molecule has 1 N–H and O–H groups in total. The van der Waals surface area contributed by atoms with Gasteiger partial charge in [0, 0.05) is 24.1 Å². The first kappa shape index (κ1) is 14.6. The van der Waals surface area contributed by atoms with Crippen LogP contribution < -0.4 is 10.1 Å². The molecule has 7 heteroatoms. The van der Waals surface area contributed by atoms with E-state index in [2.05, 4.69) is 36.2 Å². The van der Waals surface area contributed by atoms with E-state index in [0.29, 0.717) is 11.8 Å². The van der Waals surface area contributed by atoms with Gasteiger partial charge >= 0.3 is 6.01 Å². The van der Waals surface area contributed by atoms with E-state index in [1.54, 1.807) is 12.4 Å². The Morgan fingerprint density at radius 1 is 1.00 bits per heavy atom. The van der Waals surface area contributed by atoms with Gasteiger partial charge in [0.2, 0.25) is 0 Å². The van der Waals surface area contributed by atoms with Crippen LogP contribution in [0.25, 0.3) is 11.1 Å². The molecule has 0 saturated carbocycles. The van der Waals surface area contributed by atoms with Crippen LogP contribution in [-0.4, -0.2) is 15.0 Å². The lowest BCUT2D eigenvalue weighted by molar-refractivity contribution is 0.441. The second-order valence-corrected chi connectivity index (χ2v) is 5.84. The van der Waals surface area contributed by atoms with Crippen molar-refractivity contribution in [1.29, 1.82) is 0 Å². The first-order chi connectivity index (χ1) is 11.8. The normalized spacial score (nSPS) is 10.7. The fourth-order valence-corrected chi connectivity index (χ4v) is 2.35. The van der Waals surface area contributed by atoms with Gasteiger partial charge in [0.15, 0.2) is 5.58 Å². The number of aromatic nitrogens is 3. The molecule has 0 unspecified atom stereocenters. The topological polar surface area (TPSA) is 73.1 Å². The first-order valence-electron chi connectivity index (χ1n) is 7.14. The van der Waals surface area contributed by atoms with Gasteiger partial charge in [-0.15, -0.1) is 0 Å². The molecule has 0 atom stereocenters. The number of nitrogens with one attached hydrogen (secondary N) is 1. The lowest BCUT2D eigenvalue weighted by Crippen LogP contribution is -1.93. The maximum atomic E-state index is 5.65. The predicted molar refractivity (Wildman–Crippen MR) is 93.5 cm³/mol. The molecule has 2 heterocycles. The van der Waals surface area contributed by atoms with Gasteiger partial charge in [-0.3, -0.25) is 0 Å². The molecular weight excluding hydrogens is 372 g/mol. The van der Waals surface area contributed by atoms with Gasteiger partial charge in [-0.1, -0.05) is 18.2 Å². The molecule has 0 aliphatic rings. The fourth-order valence-electron chi connectivity index (χ4n) is 2.15. The molecule has 0 amide bonds. The van der Waals surface area contributed by atoms with Gasteiger partial charge in [0.25, 0.3) is 6.01 Å². The minimum absolute atomic E-state index is 0.275. The molecule has 6 nitrogen and oxygen atoms in total. The summed E-state index contributed by atoms with van der Waals surface area (Å²) in [5.41, 5.74) is 2.32. The highest BCUT2D eigenvalue weighted by molar-refractivity contribution is 9.10. The third-order valence-electron chi connectivity index (χ3n) is 3.18. The standard InChI is InChI=1S/C17H11BrN4O2/c18-11-9-19-16(20-10-11)23-13-5-3-4-12(8-13)21-17-22-14-6-1-2-7-15(14)24-17/h1-10H,(H,21,22). The van der Waals surface area contributed by atoms with Crippen molar-refractivity contribution in [3.63, 3.8) is 0 Å². The van der Waals surface area contributed by atoms with Crippen molar-refractivity contribution < 1.29 is 9.15 Å². The number of ether oxygens (including phenoxy) is 1. The van der Waals surface area contributed by atoms with E-state index in [1.807, 2.05) is 48.5 Å². The van der Waals surface area contributed by atoms with E-state index in [4.69, 9.17) is 9.15 Å². The van der Waals surface area contributed by atoms with Crippen molar-refractivity contribution >= 4 is 38.7 Å². The van der Waals surface area contributed by atoms with Crippen molar-refractivity contribution in [2.45, 2.75) is 0 Å². The van der Waals surface area contributed by atoms with Crippen LogP contribution in [0.1, 0.15) is 0 Å². The Labute approximate surface area is 145 Å². The Bertz CT molecular complexity index is 952. The quantitative estimate of drug-likeness (QED) is 0.540. The van der Waals surface area contributed by atoms with Gasteiger partial charge < -0.3 is 14.5 Å². The van der Waals surface area contributed by atoms with Crippen molar-refractivity contribution in [1.82, 2.24) is 15.0 Å². The molecule has 0 aliphatic heterocycles. The average molecular weight is 383 g/mol. The molecule has 0 saturated heterocycles. The second-order valence-electron chi connectivity index (χ2n) is 4.93. The molecule has 4 rings (SSSR count). The minimum atomic E-state index is 0.275. The minimum Gasteiger partial charge on any atom is -0.424 e. The summed E-state index contributed by atoms with van der Waals surface area (Å²) in [5, 5.41) is 3.12. The zero-order chi connectivity index (χ0) is 16.4. The number of nitrogens with zero attached hydrogens (tertiary/aromatic N) is 3. The van der Waals surface area contributed by atoms with Gasteiger partial charge in [0.1, 0.15) is 11.3 Å². The smallest absolute Gasteiger partial charge is 0.321 e. The zero-order valence-corrected chi connectivity index (χ0v) is 13.9. The fraction of sp³-hybridized carbons (Fsp3) is 0. The highest BCUT2D eigenvalue weighted by atomic mass is 79.9. The Balaban J connectivity index is 1.54. The van der Waals surface area contributed by atoms with Crippen LogP contribution in [0.4, 0.5) is 11.7 Å². The molecule has 2 aromatic carbocycles. The van der Waals surface area contributed by atoms with E-state index in [0.717, 1.165) is 21.3 Å². The summed E-state index contributed by atoms with van der Waals surface area (Å²) < 4.78 is 12.1. The number of oxazole rings is 1. The highest BCUT2D eigenvalue weighted by Crippen LogP contribution is 2.26. The Hall–Kier alpha value is -2.93. The van der Waals surface area contributed by atoms with E-state index in [-0.39, 0.29) is 6.01 Å². The number of benzene rings is 2. The first-order valence-corrected chi connectivity index (χ1v) is 7.94. The van der Waals surface area contributed by atoms with E-state index < -0.39 is 0 Å². The molecular formula is C17H11BrN4O2. The third kappa shape index (κ3) is 3.21. The Morgan fingerprint density at radius 3 is 2.67 bits per heavy atom. The summed E-state index contributed by atoms with van der Waals surface area (Å²) in [4.78, 5) is 12.6. The van der Waals surface area contributed by atoms with Gasteiger partial charge in [-0.2, -0.15) is 4.98 Å². The summed E-state index contributed by atoms with van der Waals surface area (Å²) in [5.74, 6) is 0.610. The van der Waals surface area contributed by atoms with Crippen LogP contribution in [0.3, 0.4) is 0 Å². The van der Waals surface area contributed by atoms with E-state index >= 15 is 0 Å². The maximum absolute atomic E-state index is 5.65. The number of rotatable bonds is 4. The average Bonchev–Trinajstić information content (AvgIpc) is 2.99. The summed E-state index contributed by atoms with van der Waals surface area (Å²) >= 11 is 3.29. The molecule has 2 aromatic heterocycles. The van der Waals surface area contributed by atoms with Gasteiger partial charge in [0.05, 0.1) is 4.47 Å². The molecule has 118 valence electrons. The van der Waals surface area contributed by atoms with Crippen molar-refractivity contribution in [3.8, 4) is 11.8 Å². The summed E-state index contributed by atoms with van der Waals surface area (Å²) in [6.45, 7) is 0. The van der Waals surface area contributed by atoms with Crippen LogP contribution in [0.15, 0.2) is 69.8 Å². The van der Waals surface area contributed by atoms with Gasteiger partial charge in [-0.05, 0) is 40.2 Å². The van der Waals surface area contributed by atoms with Gasteiger partial charge in [-0.25, -0.2) is 9.97 Å². The lowest BCUT2D eigenvalue weighted by atomic mass is 10.3. The number of halogens is 1. The highest BCUT2D eigenvalue weighted by Gasteiger charge is 2.06. The molecule has 24 heavy (non-hydrogen) atoms. The van der Waals surface area contributed by atoms with E-state index in [9.17, 15) is 0 Å². The summed E-state index contributed by atoms with van der Waals surface area (Å²) in [6, 6.07) is 15.7.